The highest BCUT2D eigenvalue weighted by Crippen LogP contribution is 2.29. The number of carbonyl (C=O) groups is 1. The van der Waals surface area contributed by atoms with E-state index in [0.717, 1.165) is 11.1 Å². The SMILES string of the molecule is C[C@@H]1CO[C@@H](c2ccccc2Cl)CN1C(=O)NCc1ccc(S(C)(=O)=O)cc1. The molecule has 0 aliphatic carbocycles. The molecule has 0 spiro atoms. The second-order valence-corrected chi connectivity index (χ2v) is 9.34. The molecule has 0 aromatic heterocycles. The first kappa shape index (κ1) is 20.6. The highest BCUT2D eigenvalue weighted by molar-refractivity contribution is 7.90. The molecule has 1 aliphatic heterocycles. The number of benzene rings is 2. The Morgan fingerprint density at radius 3 is 2.54 bits per heavy atom. The van der Waals surface area contributed by atoms with Crippen molar-refractivity contribution in [1.82, 2.24) is 10.2 Å². The molecule has 6 nitrogen and oxygen atoms in total. The summed E-state index contributed by atoms with van der Waals surface area (Å²) >= 11 is 6.27. The van der Waals surface area contributed by atoms with E-state index in [4.69, 9.17) is 16.3 Å². The number of sulfone groups is 1. The van der Waals surface area contributed by atoms with Crippen molar-refractivity contribution in [2.24, 2.45) is 0 Å². The average Bonchev–Trinajstić information content (AvgIpc) is 2.67. The van der Waals surface area contributed by atoms with Gasteiger partial charge in [-0.15, -0.1) is 0 Å². The molecule has 2 atom stereocenters. The maximum atomic E-state index is 12.7. The summed E-state index contributed by atoms with van der Waals surface area (Å²) in [7, 11) is -3.23. The number of carbonyl (C=O) groups excluding carboxylic acids is 1. The van der Waals surface area contributed by atoms with E-state index in [0.29, 0.717) is 24.7 Å². The normalized spacial score (nSPS) is 20.0. The average molecular weight is 423 g/mol. The number of nitrogens with one attached hydrogen (secondary N) is 1. The number of morpholine rings is 1. The highest BCUT2D eigenvalue weighted by Gasteiger charge is 2.31. The molecular formula is C20H23ClN2O4S. The molecular weight excluding hydrogens is 400 g/mol. The molecule has 0 bridgehead atoms. The fourth-order valence-corrected chi connectivity index (χ4v) is 3.99. The molecule has 8 heteroatoms. The minimum atomic E-state index is -3.23. The predicted octanol–water partition coefficient (Wildman–Crippen LogP) is 3.42. The number of hydrogen-bond acceptors (Lipinski definition) is 4. The maximum Gasteiger partial charge on any atom is 0.318 e. The van der Waals surface area contributed by atoms with Crippen LogP contribution in [0.2, 0.25) is 5.02 Å². The lowest BCUT2D eigenvalue weighted by atomic mass is 10.1. The summed E-state index contributed by atoms with van der Waals surface area (Å²) in [5, 5.41) is 3.51. The first-order chi connectivity index (χ1) is 13.3. The van der Waals surface area contributed by atoms with E-state index < -0.39 is 9.84 Å². The van der Waals surface area contributed by atoms with Crippen LogP contribution in [-0.4, -0.2) is 44.8 Å². The summed E-state index contributed by atoms with van der Waals surface area (Å²) < 4.78 is 28.9. The highest BCUT2D eigenvalue weighted by atomic mass is 35.5. The molecule has 28 heavy (non-hydrogen) atoms. The fourth-order valence-electron chi connectivity index (χ4n) is 3.10. The van der Waals surface area contributed by atoms with Gasteiger partial charge in [-0.3, -0.25) is 0 Å². The van der Waals surface area contributed by atoms with Crippen LogP contribution in [0.1, 0.15) is 24.2 Å². The lowest BCUT2D eigenvalue weighted by molar-refractivity contribution is -0.0427. The molecule has 1 heterocycles. The van der Waals surface area contributed by atoms with Gasteiger partial charge in [0.25, 0.3) is 0 Å². The summed E-state index contributed by atoms with van der Waals surface area (Å²) in [6.45, 7) is 3.07. The van der Waals surface area contributed by atoms with Gasteiger partial charge < -0.3 is 15.0 Å². The van der Waals surface area contributed by atoms with Crippen LogP contribution >= 0.6 is 11.6 Å². The Morgan fingerprint density at radius 1 is 1.21 bits per heavy atom. The van der Waals surface area contributed by atoms with Crippen molar-refractivity contribution < 1.29 is 17.9 Å². The maximum absolute atomic E-state index is 12.7. The number of halogens is 1. The van der Waals surface area contributed by atoms with Crippen molar-refractivity contribution in [2.75, 3.05) is 19.4 Å². The van der Waals surface area contributed by atoms with Gasteiger partial charge in [-0.1, -0.05) is 41.9 Å². The van der Waals surface area contributed by atoms with Crippen LogP contribution in [0.4, 0.5) is 4.79 Å². The summed E-state index contributed by atoms with van der Waals surface area (Å²) in [6, 6.07) is 13.7. The zero-order valence-corrected chi connectivity index (χ0v) is 17.3. The Kier molecular flexibility index (Phi) is 6.27. The van der Waals surface area contributed by atoms with Crippen LogP contribution in [0.3, 0.4) is 0 Å². The second-order valence-electron chi connectivity index (χ2n) is 6.92. The van der Waals surface area contributed by atoms with Crippen LogP contribution in [-0.2, 0) is 21.1 Å². The van der Waals surface area contributed by atoms with Gasteiger partial charge in [0, 0.05) is 23.4 Å². The van der Waals surface area contributed by atoms with E-state index in [-0.39, 0.29) is 23.1 Å². The molecule has 3 rings (SSSR count). The van der Waals surface area contributed by atoms with Gasteiger partial charge in [0.15, 0.2) is 9.84 Å². The Labute approximate surface area is 170 Å². The minimum Gasteiger partial charge on any atom is -0.369 e. The number of nitrogens with zero attached hydrogens (tertiary/aromatic N) is 1. The van der Waals surface area contributed by atoms with E-state index in [2.05, 4.69) is 5.32 Å². The lowest BCUT2D eigenvalue weighted by Crippen LogP contribution is -2.51. The third-order valence-corrected chi connectivity index (χ3v) is 6.21. The van der Waals surface area contributed by atoms with E-state index in [1.54, 1.807) is 29.2 Å². The van der Waals surface area contributed by atoms with Gasteiger partial charge >= 0.3 is 6.03 Å². The van der Waals surface area contributed by atoms with Crippen LogP contribution in [0.15, 0.2) is 53.4 Å². The molecule has 1 fully saturated rings. The van der Waals surface area contributed by atoms with Gasteiger partial charge in [0.05, 0.1) is 24.1 Å². The number of ether oxygens (including phenoxy) is 1. The molecule has 0 radical (unpaired) electrons. The lowest BCUT2D eigenvalue weighted by Gasteiger charge is -2.38. The van der Waals surface area contributed by atoms with E-state index >= 15 is 0 Å². The second kappa shape index (κ2) is 8.51. The first-order valence-corrected chi connectivity index (χ1v) is 11.2. The third-order valence-electron chi connectivity index (χ3n) is 4.74. The molecule has 2 aromatic rings. The molecule has 2 amide bonds. The minimum absolute atomic E-state index is 0.0636. The molecule has 1 saturated heterocycles. The van der Waals surface area contributed by atoms with Crippen molar-refractivity contribution in [3.05, 3.63) is 64.7 Å². The smallest absolute Gasteiger partial charge is 0.318 e. The van der Waals surface area contributed by atoms with Crippen molar-refractivity contribution in [3.8, 4) is 0 Å². The monoisotopic (exact) mass is 422 g/mol. The van der Waals surface area contributed by atoms with Gasteiger partial charge in [-0.25, -0.2) is 13.2 Å². The largest absolute Gasteiger partial charge is 0.369 e. The van der Waals surface area contributed by atoms with Gasteiger partial charge in [0.1, 0.15) is 6.10 Å². The third kappa shape index (κ3) is 4.84. The van der Waals surface area contributed by atoms with Gasteiger partial charge in [0.2, 0.25) is 0 Å². The van der Waals surface area contributed by atoms with Crippen LogP contribution in [0, 0.1) is 0 Å². The van der Waals surface area contributed by atoms with Gasteiger partial charge in [-0.2, -0.15) is 0 Å². The fraction of sp³-hybridized carbons (Fsp3) is 0.350. The molecule has 2 aromatic carbocycles. The quantitative estimate of drug-likeness (QED) is 0.819. The van der Waals surface area contributed by atoms with Crippen LogP contribution < -0.4 is 5.32 Å². The van der Waals surface area contributed by atoms with E-state index in [1.165, 1.54) is 6.26 Å². The number of amides is 2. The van der Waals surface area contributed by atoms with E-state index in [1.807, 2.05) is 31.2 Å². The molecule has 150 valence electrons. The summed E-state index contributed by atoms with van der Waals surface area (Å²) in [6.07, 6.45) is 0.892. The predicted molar refractivity (Wildman–Crippen MR) is 108 cm³/mol. The topological polar surface area (TPSA) is 75.7 Å². The number of hydrogen-bond donors (Lipinski definition) is 1. The molecule has 1 aliphatic rings. The van der Waals surface area contributed by atoms with E-state index in [9.17, 15) is 13.2 Å². The van der Waals surface area contributed by atoms with Crippen molar-refractivity contribution >= 4 is 27.5 Å². The summed E-state index contributed by atoms with van der Waals surface area (Å²) in [4.78, 5) is 14.7. The number of urea groups is 1. The zero-order valence-electron chi connectivity index (χ0n) is 15.8. The van der Waals surface area contributed by atoms with Crippen molar-refractivity contribution in [1.29, 1.82) is 0 Å². The standard InChI is InChI=1S/C20H23ClN2O4S/c1-14-13-27-19(17-5-3-4-6-18(17)21)12-23(14)20(24)22-11-15-7-9-16(10-8-15)28(2,25)26/h3-10,14,19H,11-13H2,1-2H3,(H,22,24)/t14-,19-/m1/s1. The first-order valence-electron chi connectivity index (χ1n) is 8.95. The Hall–Kier alpha value is -2.09. The van der Waals surface area contributed by atoms with Crippen molar-refractivity contribution in [2.45, 2.75) is 30.5 Å². The van der Waals surface area contributed by atoms with Crippen LogP contribution in [0.5, 0.6) is 0 Å². The summed E-state index contributed by atoms with van der Waals surface area (Å²) in [5.41, 5.74) is 1.69. The molecule has 0 unspecified atom stereocenters. The Balaban J connectivity index is 1.63. The molecule has 0 saturated carbocycles. The summed E-state index contributed by atoms with van der Waals surface area (Å²) in [5.74, 6) is 0. The Morgan fingerprint density at radius 2 is 1.89 bits per heavy atom. The van der Waals surface area contributed by atoms with Gasteiger partial charge in [-0.05, 0) is 30.7 Å². The molecule has 1 N–H and O–H groups in total. The Bertz CT molecular complexity index is 947. The zero-order chi connectivity index (χ0) is 20.3. The van der Waals surface area contributed by atoms with Crippen LogP contribution in [0.25, 0.3) is 0 Å². The van der Waals surface area contributed by atoms with Crippen molar-refractivity contribution in [3.63, 3.8) is 0 Å². The number of rotatable bonds is 4.